The van der Waals surface area contributed by atoms with E-state index in [1.807, 2.05) is 41.5 Å². The number of hydrogen-bond donors (Lipinski definition) is 1. The summed E-state index contributed by atoms with van der Waals surface area (Å²) in [5.41, 5.74) is -1.03. The number of nitrogens with one attached hydrogen (secondary N) is 1. The molecule has 0 radical (unpaired) electrons. The molecule has 2 amide bonds. The molecule has 0 spiro atoms. The Hall–Kier alpha value is -1.69. The van der Waals surface area contributed by atoms with Gasteiger partial charge in [-0.3, -0.25) is 4.18 Å². The van der Waals surface area contributed by atoms with Crippen LogP contribution in [0.3, 0.4) is 0 Å². The Bertz CT molecular complexity index is 1270. The van der Waals surface area contributed by atoms with Crippen LogP contribution < -0.4 is 5.32 Å². The lowest BCUT2D eigenvalue weighted by Gasteiger charge is -2.32. The number of carbonyl (C=O) groups is 2. The number of hydrogen-bond acceptors (Lipinski definition) is 12. The van der Waals surface area contributed by atoms with Crippen LogP contribution in [0.5, 0.6) is 0 Å². The summed E-state index contributed by atoms with van der Waals surface area (Å²) in [6, 6.07) is 0. The number of rotatable bonds is 4. The van der Waals surface area contributed by atoms with E-state index in [0.29, 0.717) is 51.9 Å². The number of ether oxygens (including phenoxy) is 2. The van der Waals surface area contributed by atoms with E-state index in [4.69, 9.17) is 13.7 Å². The van der Waals surface area contributed by atoms with Gasteiger partial charge in [-0.05, 0) is 93.2 Å². The first-order valence-corrected chi connectivity index (χ1v) is 20.9. The van der Waals surface area contributed by atoms with Gasteiger partial charge >= 0.3 is 12.2 Å². The summed E-state index contributed by atoms with van der Waals surface area (Å²) >= 11 is 0. The molecule has 17 heteroatoms. The number of nitrogens with zero attached hydrogens (tertiary/aromatic N) is 2. The van der Waals surface area contributed by atoms with E-state index in [1.54, 1.807) is 9.80 Å². The lowest BCUT2D eigenvalue weighted by molar-refractivity contribution is 0.0132. The van der Waals surface area contributed by atoms with E-state index < -0.39 is 41.0 Å². The number of amides is 2. The molecular weight excluding hydrogens is 651 g/mol. The third-order valence-corrected chi connectivity index (χ3v) is 11.0. The molecule has 0 aromatic rings. The second-order valence-corrected chi connectivity index (χ2v) is 20.0. The van der Waals surface area contributed by atoms with Crippen LogP contribution in [0.1, 0.15) is 80.1 Å². The van der Waals surface area contributed by atoms with E-state index >= 15 is 0 Å². The second kappa shape index (κ2) is 16.9. The van der Waals surface area contributed by atoms with Crippen molar-refractivity contribution in [2.45, 2.75) is 108 Å². The van der Waals surface area contributed by atoms with Crippen LogP contribution in [0.2, 0.25) is 0 Å². The van der Waals surface area contributed by atoms with Gasteiger partial charge in [0.2, 0.25) is 0 Å². The van der Waals surface area contributed by atoms with Crippen molar-refractivity contribution in [3.63, 3.8) is 0 Å². The van der Waals surface area contributed by atoms with Gasteiger partial charge in [0.1, 0.15) is 30.9 Å². The summed E-state index contributed by atoms with van der Waals surface area (Å²) in [6.45, 7) is 14.4. The molecule has 0 saturated carbocycles. The van der Waals surface area contributed by atoms with Crippen molar-refractivity contribution in [2.75, 3.05) is 58.0 Å². The van der Waals surface area contributed by atoms with Crippen molar-refractivity contribution in [2.24, 2.45) is 0 Å². The summed E-state index contributed by atoms with van der Waals surface area (Å²) in [4.78, 5) is 26.6. The second-order valence-electron chi connectivity index (χ2n) is 13.7. The maximum atomic E-state index is 11.8. The highest BCUT2D eigenvalue weighted by Crippen LogP contribution is 2.20. The van der Waals surface area contributed by atoms with Crippen molar-refractivity contribution in [1.82, 2.24) is 15.1 Å². The van der Waals surface area contributed by atoms with Crippen molar-refractivity contribution in [3.05, 3.63) is 0 Å². The summed E-state index contributed by atoms with van der Waals surface area (Å²) in [5.74, 6) is 0. The van der Waals surface area contributed by atoms with Gasteiger partial charge < -0.3 is 24.6 Å². The molecule has 0 atom stereocenters. The van der Waals surface area contributed by atoms with E-state index in [9.17, 15) is 34.8 Å². The Kier molecular flexibility index (Phi) is 15.5. The molecule has 0 aromatic carbocycles. The molecule has 14 nitrogen and oxygen atoms in total. The molecule has 0 aromatic heterocycles. The molecule has 3 rings (SSSR count). The zero-order valence-electron chi connectivity index (χ0n) is 28.3. The van der Waals surface area contributed by atoms with Gasteiger partial charge in [-0.1, -0.05) is 0 Å². The number of carbonyl (C=O) groups excluding carboxylic acids is 2. The van der Waals surface area contributed by atoms with Gasteiger partial charge in [0.25, 0.3) is 10.1 Å². The van der Waals surface area contributed by atoms with Crippen LogP contribution in [0, 0.1) is 0 Å². The smallest absolute Gasteiger partial charge is 0.410 e. The standard InChI is InChI=1S/C11H21NO5S.C11H21NO4S.C6H13NO2S/c1-11(2,3)16-10(13)12-7-5-9(6-8-12)17-18(4,14)15;1-11(2,3)16-10(13)12-7-5-9(6-8-12)17(4,14)15;1-10(8,9)6-2-4-7-5-3-6/h9H,5-8H2,1-4H3;9H,5-8H2,1-4H3;6-7H,2-5H2,1H3. The number of sulfone groups is 2. The van der Waals surface area contributed by atoms with Gasteiger partial charge in [0, 0.05) is 38.7 Å². The zero-order chi connectivity index (χ0) is 34.9. The SMILES string of the molecule is CC(C)(C)OC(=O)N1CCC(OS(C)(=O)=O)CC1.CC(C)(C)OC(=O)N1CCC(S(C)(=O)=O)CC1.CS(=O)(=O)C1CCNCC1. The molecule has 266 valence electrons. The lowest BCUT2D eigenvalue weighted by Crippen LogP contribution is -2.44. The van der Waals surface area contributed by atoms with Crippen LogP contribution in [0.15, 0.2) is 0 Å². The molecule has 0 aliphatic carbocycles. The first-order valence-electron chi connectivity index (χ1n) is 15.2. The van der Waals surface area contributed by atoms with Crippen LogP contribution in [0.25, 0.3) is 0 Å². The van der Waals surface area contributed by atoms with Crippen molar-refractivity contribution >= 4 is 42.0 Å². The summed E-state index contributed by atoms with van der Waals surface area (Å²) in [7, 11) is -9.18. The lowest BCUT2D eigenvalue weighted by atomic mass is 10.1. The molecule has 0 bridgehead atoms. The average molecular weight is 706 g/mol. The van der Waals surface area contributed by atoms with E-state index in [0.717, 1.165) is 32.2 Å². The minimum absolute atomic E-state index is 0.0891. The fraction of sp³-hybridized carbons (Fsp3) is 0.929. The van der Waals surface area contributed by atoms with E-state index in [1.165, 1.54) is 12.5 Å². The predicted octanol–water partition coefficient (Wildman–Crippen LogP) is 2.58. The Morgan fingerprint density at radius 1 is 0.600 bits per heavy atom. The topological polar surface area (TPSA) is 183 Å². The van der Waals surface area contributed by atoms with Gasteiger partial charge in [0.05, 0.1) is 22.9 Å². The maximum Gasteiger partial charge on any atom is 0.410 e. The van der Waals surface area contributed by atoms with Crippen molar-refractivity contribution in [3.8, 4) is 0 Å². The molecule has 3 saturated heterocycles. The van der Waals surface area contributed by atoms with Crippen molar-refractivity contribution in [1.29, 1.82) is 0 Å². The highest BCUT2D eigenvalue weighted by atomic mass is 32.2. The first kappa shape index (κ1) is 41.3. The largest absolute Gasteiger partial charge is 0.444 e. The summed E-state index contributed by atoms with van der Waals surface area (Å²) < 4.78 is 82.0. The molecule has 45 heavy (non-hydrogen) atoms. The number of piperidine rings is 3. The quantitative estimate of drug-likeness (QED) is 0.423. The fourth-order valence-corrected chi connectivity index (χ4v) is 7.57. The Morgan fingerprint density at radius 2 is 0.933 bits per heavy atom. The third kappa shape index (κ3) is 18.3. The Labute approximate surface area is 270 Å². The zero-order valence-corrected chi connectivity index (χ0v) is 30.8. The minimum atomic E-state index is -3.42. The molecule has 3 aliphatic rings. The van der Waals surface area contributed by atoms with Gasteiger partial charge in [0.15, 0.2) is 0 Å². The van der Waals surface area contributed by atoms with Crippen LogP contribution in [-0.4, -0.2) is 133 Å². The highest BCUT2D eigenvalue weighted by molar-refractivity contribution is 7.91. The van der Waals surface area contributed by atoms with E-state index in [2.05, 4.69) is 5.32 Å². The Balaban J connectivity index is 0.000000351. The van der Waals surface area contributed by atoms with Gasteiger partial charge in [-0.15, -0.1) is 0 Å². The summed E-state index contributed by atoms with van der Waals surface area (Å²) in [5, 5.41) is 2.71. The third-order valence-electron chi connectivity index (χ3n) is 7.00. The molecule has 3 heterocycles. The molecular formula is C28H55N3O11S3. The predicted molar refractivity (Wildman–Crippen MR) is 173 cm³/mol. The van der Waals surface area contributed by atoms with Gasteiger partial charge in [-0.2, -0.15) is 8.42 Å². The van der Waals surface area contributed by atoms with Crippen molar-refractivity contribution < 1.29 is 48.5 Å². The average Bonchev–Trinajstić information content (AvgIpc) is 2.86. The molecule has 3 fully saturated rings. The normalized spacial score (nSPS) is 19.8. The maximum absolute atomic E-state index is 11.8. The van der Waals surface area contributed by atoms with E-state index in [-0.39, 0.29) is 28.8 Å². The van der Waals surface area contributed by atoms with Gasteiger partial charge in [-0.25, -0.2) is 26.4 Å². The minimum Gasteiger partial charge on any atom is -0.444 e. The summed E-state index contributed by atoms with van der Waals surface area (Å²) in [6.07, 6.45) is 6.12. The molecule has 1 N–H and O–H groups in total. The Morgan fingerprint density at radius 3 is 1.22 bits per heavy atom. The molecule has 0 unspecified atom stereocenters. The van der Waals surface area contributed by atoms with Crippen LogP contribution in [0.4, 0.5) is 9.59 Å². The highest BCUT2D eigenvalue weighted by Gasteiger charge is 2.31. The fourth-order valence-electron chi connectivity index (χ4n) is 4.72. The van der Waals surface area contributed by atoms with Crippen LogP contribution >= 0.6 is 0 Å². The van der Waals surface area contributed by atoms with Crippen LogP contribution in [-0.2, 0) is 43.4 Å². The first-order chi connectivity index (χ1) is 20.3. The number of likely N-dealkylation sites (tertiary alicyclic amines) is 2. The molecule has 3 aliphatic heterocycles. The monoisotopic (exact) mass is 705 g/mol.